The normalized spacial score (nSPS) is 16.8. The van der Waals surface area contributed by atoms with Crippen LogP contribution < -0.4 is 16.0 Å². The van der Waals surface area contributed by atoms with Crippen molar-refractivity contribution in [3.05, 3.63) is 89.0 Å². The van der Waals surface area contributed by atoms with Crippen molar-refractivity contribution in [3.63, 3.8) is 0 Å². The van der Waals surface area contributed by atoms with Crippen molar-refractivity contribution in [1.29, 1.82) is 0 Å². The number of nitrogens with zero attached hydrogens (tertiary/aromatic N) is 5. The molecule has 5 rings (SSSR count). The average Bonchev–Trinajstić information content (AvgIpc) is 3.61. The van der Waals surface area contributed by atoms with E-state index in [1.54, 1.807) is 18.5 Å². The van der Waals surface area contributed by atoms with Gasteiger partial charge in [-0.25, -0.2) is 14.6 Å². The van der Waals surface area contributed by atoms with Crippen molar-refractivity contribution in [2.45, 2.75) is 13.0 Å². The maximum absolute atomic E-state index is 12.5. The number of rotatable bonds is 9. The molecule has 184 valence electrons. The smallest absolute Gasteiger partial charge is 0.267 e. The highest BCUT2D eigenvalue weighted by Crippen LogP contribution is 2.39. The second-order valence-electron chi connectivity index (χ2n) is 9.61. The Kier molecular flexibility index (Phi) is 6.77. The quantitative estimate of drug-likeness (QED) is 0.364. The zero-order chi connectivity index (χ0) is 25.1. The Balaban J connectivity index is 1.26. The van der Waals surface area contributed by atoms with Gasteiger partial charge in [0.25, 0.3) is 5.56 Å². The molecule has 2 heterocycles. The van der Waals surface area contributed by atoms with Crippen LogP contribution in [0.4, 0.5) is 5.69 Å². The Labute approximate surface area is 210 Å². The number of nitrogens with two attached hydrogens (primary N) is 1. The van der Waals surface area contributed by atoms with Crippen molar-refractivity contribution in [1.82, 2.24) is 24.6 Å². The molecular weight excluding hydrogens is 452 g/mol. The van der Waals surface area contributed by atoms with E-state index >= 15 is 0 Å². The summed E-state index contributed by atoms with van der Waals surface area (Å²) in [6.07, 6.45) is 4.66. The van der Waals surface area contributed by atoms with Gasteiger partial charge >= 0.3 is 0 Å². The van der Waals surface area contributed by atoms with Gasteiger partial charge in [-0.15, -0.1) is 0 Å². The summed E-state index contributed by atoms with van der Waals surface area (Å²) in [6.45, 7) is 2.14. The monoisotopic (exact) mass is 482 g/mol. The number of ether oxygens (including phenoxy) is 1. The highest BCUT2D eigenvalue weighted by atomic mass is 16.5. The van der Waals surface area contributed by atoms with Gasteiger partial charge in [0, 0.05) is 29.4 Å². The number of hydrogen-bond acceptors (Lipinski definition) is 7. The topological polar surface area (TPSA) is 99.2 Å². The molecular formula is C28H30N6O2. The molecule has 0 radical (unpaired) electrons. The van der Waals surface area contributed by atoms with Gasteiger partial charge in [-0.05, 0) is 62.2 Å². The molecule has 0 spiro atoms. The predicted octanol–water partition coefficient (Wildman–Crippen LogP) is 3.57. The molecule has 1 fully saturated rings. The van der Waals surface area contributed by atoms with Crippen LogP contribution in [0.5, 0.6) is 5.75 Å². The fourth-order valence-corrected chi connectivity index (χ4v) is 4.35. The van der Waals surface area contributed by atoms with E-state index in [-0.39, 0.29) is 5.56 Å². The van der Waals surface area contributed by atoms with Crippen LogP contribution in [0.2, 0.25) is 0 Å². The van der Waals surface area contributed by atoms with Gasteiger partial charge in [0.05, 0.1) is 31.2 Å². The summed E-state index contributed by atoms with van der Waals surface area (Å²) in [5.74, 6) is 2.62. The van der Waals surface area contributed by atoms with E-state index in [1.165, 1.54) is 17.2 Å². The predicted molar refractivity (Wildman–Crippen MR) is 141 cm³/mol. The highest BCUT2D eigenvalue weighted by molar-refractivity contribution is 5.63. The second kappa shape index (κ2) is 10.3. The van der Waals surface area contributed by atoms with Crippen molar-refractivity contribution < 1.29 is 4.74 Å². The molecule has 0 aliphatic heterocycles. The summed E-state index contributed by atoms with van der Waals surface area (Å²) in [5.41, 5.74) is 9.73. The molecule has 2 N–H and O–H groups in total. The van der Waals surface area contributed by atoms with Gasteiger partial charge in [0.15, 0.2) is 11.6 Å². The summed E-state index contributed by atoms with van der Waals surface area (Å²) in [6, 6.07) is 18.5. The van der Waals surface area contributed by atoms with Crippen LogP contribution in [0, 0.1) is 11.8 Å². The van der Waals surface area contributed by atoms with Crippen molar-refractivity contribution >= 4 is 5.69 Å². The summed E-state index contributed by atoms with van der Waals surface area (Å²) in [7, 11) is 4.20. The van der Waals surface area contributed by atoms with Gasteiger partial charge in [-0.1, -0.05) is 30.3 Å². The van der Waals surface area contributed by atoms with E-state index in [0.29, 0.717) is 42.0 Å². The second-order valence-corrected chi connectivity index (χ2v) is 9.61. The Morgan fingerprint density at radius 1 is 1.00 bits per heavy atom. The third-order valence-corrected chi connectivity index (χ3v) is 6.33. The van der Waals surface area contributed by atoms with Crippen molar-refractivity contribution in [2.24, 2.45) is 11.8 Å². The zero-order valence-corrected chi connectivity index (χ0v) is 20.5. The summed E-state index contributed by atoms with van der Waals surface area (Å²) in [4.78, 5) is 23.7. The lowest BCUT2D eigenvalue weighted by Crippen LogP contribution is -2.22. The van der Waals surface area contributed by atoms with Crippen molar-refractivity contribution in [3.8, 4) is 28.4 Å². The first-order valence-electron chi connectivity index (χ1n) is 12.1. The third-order valence-electron chi connectivity index (χ3n) is 6.33. The average molecular weight is 483 g/mol. The third kappa shape index (κ3) is 5.78. The van der Waals surface area contributed by atoms with Crippen LogP contribution in [-0.2, 0) is 6.54 Å². The molecule has 0 amide bonds. The summed E-state index contributed by atoms with van der Waals surface area (Å²) in [5, 5.41) is 4.55. The van der Waals surface area contributed by atoms with Crippen LogP contribution >= 0.6 is 0 Å². The largest absolute Gasteiger partial charge is 0.490 e. The first kappa shape index (κ1) is 23.7. The van der Waals surface area contributed by atoms with Crippen LogP contribution in [0.1, 0.15) is 12.0 Å². The molecule has 2 atom stereocenters. The van der Waals surface area contributed by atoms with E-state index in [9.17, 15) is 4.79 Å². The molecule has 4 aromatic rings. The van der Waals surface area contributed by atoms with Gasteiger partial charge in [0.1, 0.15) is 0 Å². The molecule has 8 nitrogen and oxygen atoms in total. The highest BCUT2D eigenvalue weighted by Gasteiger charge is 2.37. The van der Waals surface area contributed by atoms with E-state index in [1.807, 2.05) is 48.5 Å². The number of nitrogen functional groups attached to an aromatic ring is 1. The van der Waals surface area contributed by atoms with Crippen LogP contribution in [0.15, 0.2) is 77.9 Å². The lowest BCUT2D eigenvalue weighted by molar-refractivity contribution is 0.279. The lowest BCUT2D eigenvalue weighted by atomic mass is 10.1. The number of aromatic nitrogens is 4. The van der Waals surface area contributed by atoms with E-state index < -0.39 is 0 Å². The van der Waals surface area contributed by atoms with Crippen LogP contribution in [0.25, 0.3) is 22.6 Å². The SMILES string of the molecule is CN(C)C[C@H]1C[C@@H]1COc1cnc(-c2cccc(Cn3nc(-c4cccc(N)c4)ccc3=O)c2)nc1. The van der Waals surface area contributed by atoms with Crippen molar-refractivity contribution in [2.75, 3.05) is 33.0 Å². The standard InChI is InChI=1S/C28H30N6O2/c1-33(2)17-22-12-23(22)18-36-25-14-30-28(31-15-25)21-7-3-5-19(11-21)16-34-27(35)10-9-26(32-34)20-6-4-8-24(29)13-20/h3-11,13-15,22-23H,12,16-18,29H2,1-2H3/t22-,23-/m1/s1. The minimum atomic E-state index is -0.172. The Bertz CT molecular complexity index is 1400. The van der Waals surface area contributed by atoms with Crippen LogP contribution in [-0.4, -0.2) is 51.9 Å². The molecule has 1 saturated carbocycles. The fraction of sp³-hybridized carbons (Fsp3) is 0.286. The van der Waals surface area contributed by atoms with E-state index in [4.69, 9.17) is 10.5 Å². The molecule has 0 bridgehead atoms. The molecule has 2 aromatic carbocycles. The molecule has 2 aromatic heterocycles. The summed E-state index contributed by atoms with van der Waals surface area (Å²) < 4.78 is 7.36. The van der Waals surface area contributed by atoms with Gasteiger partial charge < -0.3 is 15.4 Å². The molecule has 36 heavy (non-hydrogen) atoms. The van der Waals surface area contributed by atoms with Gasteiger partial charge in [-0.2, -0.15) is 5.10 Å². The number of benzene rings is 2. The maximum atomic E-state index is 12.5. The maximum Gasteiger partial charge on any atom is 0.267 e. The fourth-order valence-electron chi connectivity index (χ4n) is 4.35. The van der Waals surface area contributed by atoms with E-state index in [0.717, 1.165) is 29.2 Å². The van der Waals surface area contributed by atoms with Gasteiger partial charge in [-0.3, -0.25) is 4.79 Å². The molecule has 1 aliphatic rings. The minimum Gasteiger partial charge on any atom is -0.490 e. The lowest BCUT2D eigenvalue weighted by Gasteiger charge is -2.10. The Hall–Kier alpha value is -4.04. The zero-order valence-electron chi connectivity index (χ0n) is 20.5. The summed E-state index contributed by atoms with van der Waals surface area (Å²) >= 11 is 0. The Morgan fingerprint density at radius 2 is 1.78 bits per heavy atom. The molecule has 1 aliphatic carbocycles. The molecule has 0 saturated heterocycles. The molecule has 0 unspecified atom stereocenters. The Morgan fingerprint density at radius 3 is 2.56 bits per heavy atom. The molecule has 8 heteroatoms. The van der Waals surface area contributed by atoms with Gasteiger partial charge in [0.2, 0.25) is 0 Å². The first-order valence-corrected chi connectivity index (χ1v) is 12.1. The number of hydrogen-bond donors (Lipinski definition) is 1. The number of anilines is 1. The van der Waals surface area contributed by atoms with Crippen LogP contribution in [0.3, 0.4) is 0 Å². The minimum absolute atomic E-state index is 0.172. The van der Waals surface area contributed by atoms with E-state index in [2.05, 4.69) is 34.1 Å². The first-order chi connectivity index (χ1) is 17.4.